The molecule has 0 saturated heterocycles. The first-order chi connectivity index (χ1) is 23.3. The highest BCUT2D eigenvalue weighted by Gasteiger charge is 2.30. The fourth-order valence-electron chi connectivity index (χ4n) is 5.29. The van der Waals surface area contributed by atoms with Crippen LogP contribution in [0.3, 0.4) is 0 Å². The molecule has 1 N–H and O–H groups in total. The third-order valence-electron chi connectivity index (χ3n) is 8.10. The van der Waals surface area contributed by atoms with Gasteiger partial charge < -0.3 is 14.6 Å². The zero-order valence-corrected chi connectivity index (χ0v) is 32.0. The summed E-state index contributed by atoms with van der Waals surface area (Å²) in [5, 5.41) is 9.82. The van der Waals surface area contributed by atoms with Gasteiger partial charge in [-0.3, -0.25) is 0 Å². The van der Waals surface area contributed by atoms with Crippen molar-refractivity contribution in [3.05, 3.63) is 107 Å². The van der Waals surface area contributed by atoms with Gasteiger partial charge in [-0.2, -0.15) is 0 Å². The van der Waals surface area contributed by atoms with Crippen molar-refractivity contribution >= 4 is 12.0 Å². The molecule has 2 unspecified atom stereocenters. The number of rotatable bonds is 22. The normalized spacial score (nSPS) is 15.7. The van der Waals surface area contributed by atoms with Gasteiger partial charge in [0.1, 0.15) is 11.6 Å². The Hall–Kier alpha value is -3.68. The molecule has 0 aliphatic heterocycles. The second-order valence-corrected chi connectivity index (χ2v) is 12.9. The van der Waals surface area contributed by atoms with Crippen LogP contribution in [0.1, 0.15) is 125 Å². The third kappa shape index (κ3) is 15.6. The van der Waals surface area contributed by atoms with E-state index in [1.807, 2.05) is 52.0 Å². The fraction of sp³-hybridized carbons (Fsp3) is 0.524. The van der Waals surface area contributed by atoms with Crippen molar-refractivity contribution in [2.75, 3.05) is 13.2 Å². The summed E-state index contributed by atoms with van der Waals surface area (Å²) in [6.45, 7) is 24.0. The molecular weight excluding hydrogens is 610 g/mol. The second-order valence-electron chi connectivity index (χ2n) is 12.9. The van der Waals surface area contributed by atoms with E-state index >= 15 is 0 Å². The Balaban J connectivity index is 3.56. The summed E-state index contributed by atoms with van der Waals surface area (Å²) in [4.78, 5) is 26.9. The molecule has 1 heterocycles. The van der Waals surface area contributed by atoms with E-state index in [0.29, 0.717) is 30.3 Å². The van der Waals surface area contributed by atoms with Crippen molar-refractivity contribution in [2.45, 2.75) is 131 Å². The molecule has 0 spiro atoms. The van der Waals surface area contributed by atoms with Crippen molar-refractivity contribution in [2.24, 2.45) is 0 Å². The van der Waals surface area contributed by atoms with E-state index in [1.54, 1.807) is 19.9 Å². The minimum Gasteiger partial charge on any atom is -0.464 e. The molecule has 1 rings (SSSR count). The Morgan fingerprint density at radius 1 is 0.980 bits per heavy atom. The molecule has 0 saturated carbocycles. The van der Waals surface area contributed by atoms with E-state index in [1.165, 1.54) is 11.1 Å². The first kappa shape index (κ1) is 43.3. The number of carbonyl (C=O) groups excluding carboxylic acids is 1. The highest BCUT2D eigenvalue weighted by atomic mass is 16.6. The van der Waals surface area contributed by atoms with Crippen LogP contribution in [-0.4, -0.2) is 50.9 Å². The molecule has 2 atom stereocenters. The zero-order chi connectivity index (χ0) is 36.9. The van der Waals surface area contributed by atoms with Crippen LogP contribution in [0, 0.1) is 0 Å². The van der Waals surface area contributed by atoms with Gasteiger partial charge in [0.05, 0.1) is 12.2 Å². The quantitative estimate of drug-likeness (QED) is 0.0744. The number of aliphatic hydroxyl groups is 1. The van der Waals surface area contributed by atoms with Gasteiger partial charge in [-0.25, -0.2) is 19.7 Å². The standard InChI is InChI=1S/C42H63N3O4/c1-12-21-32(7)34(15-4)25-20-27-38-43-37(26-19-18-24-36(23-14-3)35(16-5)22-13-2)44-40(45-38)41(9,10)28-29-42(11,30-31-46)49-33(8)39(47)48-17-6/h12,15-16,19-21,24-26,28-29,33,46H,1,13-14,17-18,22-23,27,30-31H2,2-11H3. The van der Waals surface area contributed by atoms with Crippen LogP contribution < -0.4 is 0 Å². The molecule has 0 aliphatic rings. The average Bonchev–Trinajstić information content (AvgIpc) is 3.06. The van der Waals surface area contributed by atoms with Crippen molar-refractivity contribution in [1.82, 2.24) is 15.0 Å². The van der Waals surface area contributed by atoms with E-state index in [-0.39, 0.29) is 13.2 Å². The molecule has 7 nitrogen and oxygen atoms in total. The van der Waals surface area contributed by atoms with Gasteiger partial charge >= 0.3 is 5.97 Å². The molecule has 1 aromatic heterocycles. The van der Waals surface area contributed by atoms with Crippen LogP contribution in [0.2, 0.25) is 0 Å². The summed E-state index contributed by atoms with van der Waals surface area (Å²) >= 11 is 0. The lowest BCUT2D eigenvalue weighted by Crippen LogP contribution is -2.37. The third-order valence-corrected chi connectivity index (χ3v) is 8.10. The van der Waals surface area contributed by atoms with Crippen LogP contribution in [0.25, 0.3) is 6.08 Å². The number of hydrogen-bond acceptors (Lipinski definition) is 7. The Labute approximate surface area is 297 Å². The van der Waals surface area contributed by atoms with Crippen molar-refractivity contribution in [3.8, 4) is 0 Å². The lowest BCUT2D eigenvalue weighted by molar-refractivity contribution is -0.163. The largest absolute Gasteiger partial charge is 0.464 e. The Morgan fingerprint density at radius 3 is 2.27 bits per heavy atom. The SMILES string of the molecule is C=CC=C(C)C(C=CCc1nc(C=CCC=C(CCC)C(=CC)CCC)nc(C(C)(C)C=CC(C)(CCO)OC(C)C(=O)OCC)n1)=CC. The molecule has 0 bridgehead atoms. The minimum absolute atomic E-state index is 0.105. The summed E-state index contributed by atoms with van der Waals surface area (Å²) in [7, 11) is 0. The number of esters is 1. The number of nitrogens with zero attached hydrogens (tertiary/aromatic N) is 3. The summed E-state index contributed by atoms with van der Waals surface area (Å²) in [5.41, 5.74) is 3.54. The number of hydrogen-bond donors (Lipinski definition) is 1. The van der Waals surface area contributed by atoms with Crippen LogP contribution in [0.15, 0.2) is 89.6 Å². The Bertz CT molecular complexity index is 1410. The molecule has 0 aromatic carbocycles. The topological polar surface area (TPSA) is 94.4 Å². The zero-order valence-electron chi connectivity index (χ0n) is 32.0. The number of carbonyl (C=O) groups is 1. The average molecular weight is 674 g/mol. The van der Waals surface area contributed by atoms with Crippen molar-refractivity contribution in [1.29, 1.82) is 0 Å². The second kappa shape index (κ2) is 22.9. The molecule has 270 valence electrons. The molecule has 0 radical (unpaired) electrons. The first-order valence-electron chi connectivity index (χ1n) is 17.9. The van der Waals surface area contributed by atoms with E-state index in [2.05, 4.69) is 70.7 Å². The molecule has 0 fully saturated rings. The minimum atomic E-state index is -0.911. The first-order valence-corrected chi connectivity index (χ1v) is 17.9. The van der Waals surface area contributed by atoms with Crippen LogP contribution in [-0.2, 0) is 26.1 Å². The van der Waals surface area contributed by atoms with Gasteiger partial charge in [-0.1, -0.05) is 94.0 Å². The Morgan fingerprint density at radius 2 is 1.67 bits per heavy atom. The van der Waals surface area contributed by atoms with Crippen LogP contribution in [0.5, 0.6) is 0 Å². The summed E-state index contributed by atoms with van der Waals surface area (Å²) in [6, 6.07) is 0. The monoisotopic (exact) mass is 673 g/mol. The molecule has 0 amide bonds. The van der Waals surface area contributed by atoms with Gasteiger partial charge in [-0.05, 0) is 103 Å². The highest BCUT2D eigenvalue weighted by molar-refractivity contribution is 5.74. The number of allylic oxidation sites excluding steroid dienone is 13. The lowest BCUT2D eigenvalue weighted by atomic mass is 9.88. The fourth-order valence-corrected chi connectivity index (χ4v) is 5.29. The van der Waals surface area contributed by atoms with E-state index in [9.17, 15) is 9.90 Å². The van der Waals surface area contributed by atoms with Crippen LogP contribution >= 0.6 is 0 Å². The maximum atomic E-state index is 12.3. The van der Waals surface area contributed by atoms with E-state index in [4.69, 9.17) is 24.4 Å². The predicted octanol–water partition coefficient (Wildman–Crippen LogP) is 9.87. The number of aliphatic hydroxyl groups excluding tert-OH is 1. The number of aromatic nitrogens is 3. The predicted molar refractivity (Wildman–Crippen MR) is 205 cm³/mol. The summed E-state index contributed by atoms with van der Waals surface area (Å²) < 4.78 is 11.3. The highest BCUT2D eigenvalue weighted by Crippen LogP contribution is 2.27. The van der Waals surface area contributed by atoms with Gasteiger partial charge in [-0.15, -0.1) is 0 Å². The lowest BCUT2D eigenvalue weighted by Gasteiger charge is -2.30. The molecule has 7 heteroatoms. The van der Waals surface area contributed by atoms with Gasteiger partial charge in [0, 0.05) is 24.9 Å². The maximum absolute atomic E-state index is 12.3. The molecule has 49 heavy (non-hydrogen) atoms. The molecule has 1 aromatic rings. The summed E-state index contributed by atoms with van der Waals surface area (Å²) in [5.74, 6) is 1.43. The molecule has 0 aliphatic carbocycles. The molecular formula is C42H63N3O4. The summed E-state index contributed by atoms with van der Waals surface area (Å²) in [6.07, 6.45) is 27.7. The number of ether oxygens (including phenoxy) is 2. The van der Waals surface area contributed by atoms with Crippen molar-refractivity contribution < 1.29 is 19.4 Å². The van der Waals surface area contributed by atoms with E-state index < -0.39 is 23.1 Å². The van der Waals surface area contributed by atoms with Gasteiger partial charge in [0.25, 0.3) is 0 Å². The van der Waals surface area contributed by atoms with Crippen molar-refractivity contribution in [3.63, 3.8) is 0 Å². The van der Waals surface area contributed by atoms with Gasteiger partial charge in [0.2, 0.25) is 0 Å². The Kier molecular flexibility index (Phi) is 20.2. The van der Waals surface area contributed by atoms with Gasteiger partial charge in [0.15, 0.2) is 11.9 Å². The maximum Gasteiger partial charge on any atom is 0.334 e. The van der Waals surface area contributed by atoms with Crippen LogP contribution in [0.4, 0.5) is 0 Å². The van der Waals surface area contributed by atoms with E-state index in [0.717, 1.165) is 43.3 Å². The smallest absolute Gasteiger partial charge is 0.334 e.